The van der Waals surface area contributed by atoms with Gasteiger partial charge < -0.3 is 14.6 Å². The number of benzene rings is 1. The van der Waals surface area contributed by atoms with E-state index in [1.54, 1.807) is 32.0 Å². The van der Waals surface area contributed by atoms with Gasteiger partial charge in [0.25, 0.3) is 0 Å². The minimum Gasteiger partial charge on any atom is -0.372 e. The lowest BCUT2D eigenvalue weighted by Crippen LogP contribution is -2.44. The van der Waals surface area contributed by atoms with E-state index in [-0.39, 0.29) is 17.9 Å². The predicted molar refractivity (Wildman–Crippen MR) is 83.6 cm³/mol. The van der Waals surface area contributed by atoms with Gasteiger partial charge in [0.2, 0.25) is 0 Å². The Morgan fingerprint density at radius 3 is 2.62 bits per heavy atom. The first-order valence-electron chi connectivity index (χ1n) is 7.18. The SMILES string of the molecule is CO[C@@](C)(CNC(=O)C(=O)Nc1cc(C)on1)c1ccccc1F. The fourth-order valence-electron chi connectivity index (χ4n) is 2.10. The van der Waals surface area contributed by atoms with E-state index < -0.39 is 23.2 Å². The highest BCUT2D eigenvalue weighted by Crippen LogP contribution is 2.26. The lowest BCUT2D eigenvalue weighted by molar-refractivity contribution is -0.137. The molecule has 0 bridgehead atoms. The smallest absolute Gasteiger partial charge is 0.314 e. The van der Waals surface area contributed by atoms with E-state index >= 15 is 0 Å². The molecule has 8 heteroatoms. The number of amides is 2. The number of anilines is 1. The third-order valence-corrected chi connectivity index (χ3v) is 3.56. The summed E-state index contributed by atoms with van der Waals surface area (Å²) < 4.78 is 24.1. The van der Waals surface area contributed by atoms with Crippen molar-refractivity contribution in [3.8, 4) is 0 Å². The number of halogens is 1. The fraction of sp³-hybridized carbons (Fsp3) is 0.312. The molecule has 1 heterocycles. The van der Waals surface area contributed by atoms with Crippen molar-refractivity contribution < 1.29 is 23.2 Å². The molecule has 0 unspecified atom stereocenters. The summed E-state index contributed by atoms with van der Waals surface area (Å²) >= 11 is 0. The van der Waals surface area contributed by atoms with Gasteiger partial charge in [0.05, 0.1) is 6.54 Å². The first-order chi connectivity index (χ1) is 11.4. The molecule has 1 atom stereocenters. The van der Waals surface area contributed by atoms with E-state index in [1.165, 1.54) is 19.2 Å². The number of nitrogens with one attached hydrogen (secondary N) is 2. The van der Waals surface area contributed by atoms with Crippen LogP contribution in [-0.2, 0) is 19.9 Å². The van der Waals surface area contributed by atoms with E-state index in [4.69, 9.17) is 9.26 Å². The van der Waals surface area contributed by atoms with Crippen molar-refractivity contribution >= 4 is 17.6 Å². The lowest BCUT2D eigenvalue weighted by atomic mass is 9.95. The lowest BCUT2D eigenvalue weighted by Gasteiger charge is -2.29. The van der Waals surface area contributed by atoms with Crippen LogP contribution in [-0.4, -0.2) is 30.6 Å². The predicted octanol–water partition coefficient (Wildman–Crippen LogP) is 1.74. The molecule has 0 radical (unpaired) electrons. The number of carbonyl (C=O) groups is 2. The third-order valence-electron chi connectivity index (χ3n) is 3.56. The zero-order valence-corrected chi connectivity index (χ0v) is 13.6. The molecule has 128 valence electrons. The Hall–Kier alpha value is -2.74. The first-order valence-corrected chi connectivity index (χ1v) is 7.18. The number of carbonyl (C=O) groups excluding carboxylic acids is 2. The minimum atomic E-state index is -1.12. The van der Waals surface area contributed by atoms with Crippen molar-refractivity contribution in [2.75, 3.05) is 19.0 Å². The second kappa shape index (κ2) is 7.22. The average Bonchev–Trinajstić information content (AvgIpc) is 2.97. The number of aryl methyl sites for hydroxylation is 1. The Morgan fingerprint density at radius 2 is 2.04 bits per heavy atom. The number of aromatic nitrogens is 1. The van der Waals surface area contributed by atoms with Crippen LogP contribution in [0.4, 0.5) is 10.2 Å². The highest BCUT2D eigenvalue weighted by molar-refractivity contribution is 6.39. The highest BCUT2D eigenvalue weighted by atomic mass is 19.1. The average molecular weight is 335 g/mol. The van der Waals surface area contributed by atoms with Crippen LogP contribution in [0.15, 0.2) is 34.9 Å². The van der Waals surface area contributed by atoms with Crippen LogP contribution in [0.2, 0.25) is 0 Å². The van der Waals surface area contributed by atoms with Crippen LogP contribution in [0.5, 0.6) is 0 Å². The summed E-state index contributed by atoms with van der Waals surface area (Å²) in [6.07, 6.45) is 0. The summed E-state index contributed by atoms with van der Waals surface area (Å²) in [5, 5.41) is 8.28. The van der Waals surface area contributed by atoms with Gasteiger partial charge in [-0.2, -0.15) is 0 Å². The van der Waals surface area contributed by atoms with Gasteiger partial charge in [0, 0.05) is 18.7 Å². The molecule has 0 aliphatic heterocycles. The van der Waals surface area contributed by atoms with E-state index in [1.807, 2.05) is 0 Å². The van der Waals surface area contributed by atoms with Gasteiger partial charge in [-0.05, 0) is 19.9 Å². The molecule has 0 saturated heterocycles. The molecule has 0 saturated carbocycles. The summed E-state index contributed by atoms with van der Waals surface area (Å²) in [5.74, 6) is -1.63. The maximum Gasteiger partial charge on any atom is 0.314 e. The van der Waals surface area contributed by atoms with Crippen molar-refractivity contribution in [1.29, 1.82) is 0 Å². The Kier molecular flexibility index (Phi) is 5.30. The summed E-state index contributed by atoms with van der Waals surface area (Å²) in [6.45, 7) is 3.18. The van der Waals surface area contributed by atoms with Crippen LogP contribution in [0.1, 0.15) is 18.2 Å². The zero-order chi connectivity index (χ0) is 17.7. The number of methoxy groups -OCH3 is 1. The van der Waals surface area contributed by atoms with Crippen LogP contribution >= 0.6 is 0 Å². The number of hydrogen-bond acceptors (Lipinski definition) is 5. The quantitative estimate of drug-likeness (QED) is 0.812. The van der Waals surface area contributed by atoms with Crippen LogP contribution in [0, 0.1) is 12.7 Å². The molecule has 7 nitrogen and oxygen atoms in total. The van der Waals surface area contributed by atoms with Gasteiger partial charge in [-0.25, -0.2) is 4.39 Å². The van der Waals surface area contributed by atoms with E-state index in [0.717, 1.165) is 0 Å². The van der Waals surface area contributed by atoms with Crippen LogP contribution in [0.25, 0.3) is 0 Å². The topological polar surface area (TPSA) is 93.5 Å². The molecule has 0 fully saturated rings. The zero-order valence-electron chi connectivity index (χ0n) is 13.6. The second-order valence-electron chi connectivity index (χ2n) is 5.37. The normalized spacial score (nSPS) is 13.2. The third kappa shape index (κ3) is 3.96. The van der Waals surface area contributed by atoms with Crippen molar-refractivity contribution in [1.82, 2.24) is 10.5 Å². The number of rotatable bonds is 5. The molecule has 2 rings (SSSR count). The van der Waals surface area contributed by atoms with E-state index in [2.05, 4.69) is 15.8 Å². The molecule has 0 aliphatic carbocycles. The van der Waals surface area contributed by atoms with Gasteiger partial charge in [-0.3, -0.25) is 14.9 Å². The fourth-order valence-corrected chi connectivity index (χ4v) is 2.10. The Labute approximate surface area is 138 Å². The van der Waals surface area contributed by atoms with Crippen LogP contribution < -0.4 is 10.6 Å². The Bertz CT molecular complexity index is 746. The van der Waals surface area contributed by atoms with Gasteiger partial charge >= 0.3 is 11.8 Å². The van der Waals surface area contributed by atoms with E-state index in [9.17, 15) is 14.0 Å². The summed E-state index contributed by atoms with van der Waals surface area (Å²) in [7, 11) is 1.40. The second-order valence-corrected chi connectivity index (χ2v) is 5.37. The maximum absolute atomic E-state index is 14.0. The van der Waals surface area contributed by atoms with Crippen molar-refractivity contribution in [3.63, 3.8) is 0 Å². The number of ether oxygens (including phenoxy) is 1. The Balaban J connectivity index is 2.00. The summed E-state index contributed by atoms with van der Waals surface area (Å²) in [4.78, 5) is 23.7. The monoisotopic (exact) mass is 335 g/mol. The van der Waals surface area contributed by atoms with Gasteiger partial charge in [0.15, 0.2) is 5.82 Å². The molecule has 24 heavy (non-hydrogen) atoms. The van der Waals surface area contributed by atoms with Crippen molar-refractivity contribution in [2.45, 2.75) is 19.4 Å². The molecule has 1 aromatic carbocycles. The molecular formula is C16H18FN3O4. The standard InChI is InChI=1S/C16H18FN3O4/c1-10-8-13(20-24-10)19-15(22)14(21)18-9-16(2,23-3)11-6-4-5-7-12(11)17/h4-8H,9H2,1-3H3,(H,18,21)(H,19,20,22)/t16-/m0/s1. The summed E-state index contributed by atoms with van der Waals surface area (Å²) in [5.41, 5.74) is -0.841. The molecular weight excluding hydrogens is 317 g/mol. The van der Waals surface area contributed by atoms with Crippen molar-refractivity contribution in [2.24, 2.45) is 0 Å². The molecule has 2 aromatic rings. The number of hydrogen-bond donors (Lipinski definition) is 2. The first kappa shape index (κ1) is 17.6. The van der Waals surface area contributed by atoms with Gasteiger partial charge in [-0.1, -0.05) is 23.4 Å². The number of nitrogens with zero attached hydrogens (tertiary/aromatic N) is 1. The molecule has 0 aliphatic rings. The van der Waals surface area contributed by atoms with E-state index in [0.29, 0.717) is 5.76 Å². The van der Waals surface area contributed by atoms with Gasteiger partial charge in [-0.15, -0.1) is 0 Å². The largest absolute Gasteiger partial charge is 0.372 e. The highest BCUT2D eigenvalue weighted by Gasteiger charge is 2.30. The molecule has 1 aromatic heterocycles. The van der Waals surface area contributed by atoms with Crippen LogP contribution in [0.3, 0.4) is 0 Å². The summed E-state index contributed by atoms with van der Waals surface area (Å²) in [6, 6.07) is 7.55. The molecule has 0 spiro atoms. The maximum atomic E-state index is 14.0. The molecule has 2 amide bonds. The Morgan fingerprint density at radius 1 is 1.33 bits per heavy atom. The van der Waals surface area contributed by atoms with Gasteiger partial charge in [0.1, 0.15) is 17.2 Å². The molecule has 2 N–H and O–H groups in total. The minimum absolute atomic E-state index is 0.0888. The van der Waals surface area contributed by atoms with Crippen molar-refractivity contribution in [3.05, 3.63) is 47.5 Å².